The van der Waals surface area contributed by atoms with Gasteiger partial charge in [0.15, 0.2) is 24.4 Å². The minimum absolute atomic E-state index is 0.103. The summed E-state index contributed by atoms with van der Waals surface area (Å²) in [5.74, 6) is -5.92. The Morgan fingerprint density at radius 3 is 1.07 bits per heavy atom. The first-order chi connectivity index (χ1) is 32.3. The molecule has 0 bridgehead atoms. The Balaban J connectivity index is 4.07. The normalized spacial score (nSPS) is 24.0. The maximum atomic E-state index is 14.6. The fourth-order valence-corrected chi connectivity index (χ4v) is 8.46. The molecule has 1 saturated heterocycles. The fraction of sp³-hybridized carbons (Fsp3) is 0.846. The van der Waals surface area contributed by atoms with Crippen LogP contribution >= 0.6 is 0 Å². The number of esters is 4. The van der Waals surface area contributed by atoms with E-state index in [1.54, 1.807) is 0 Å². The highest BCUT2D eigenvalue weighted by molar-refractivity contribution is 5.94. The molecule has 0 N–H and O–H groups in total. The smallest absolute Gasteiger partial charge is 0.329 e. The van der Waals surface area contributed by atoms with Gasteiger partial charge in [0.05, 0.1) is 0 Å². The third-order valence-corrected chi connectivity index (χ3v) is 12.8. The molecular formula is C52H92N4O12. The molecule has 0 aromatic carbocycles. The third kappa shape index (κ3) is 21.2. The van der Waals surface area contributed by atoms with E-state index in [0.29, 0.717) is 38.5 Å². The zero-order valence-electron chi connectivity index (χ0n) is 44.3. The van der Waals surface area contributed by atoms with Crippen molar-refractivity contribution in [3.05, 3.63) is 0 Å². The Hall–Kier alpha value is -4.24. The average molecular weight is 965 g/mol. The lowest BCUT2D eigenvalue weighted by Crippen LogP contribution is -2.53. The minimum Gasteiger partial charge on any atom is -0.451 e. The van der Waals surface area contributed by atoms with E-state index >= 15 is 0 Å². The first kappa shape index (κ1) is 61.8. The van der Waals surface area contributed by atoms with Gasteiger partial charge in [-0.15, -0.1) is 0 Å². The van der Waals surface area contributed by atoms with Crippen molar-refractivity contribution in [2.24, 2.45) is 5.92 Å². The van der Waals surface area contributed by atoms with Crippen molar-refractivity contribution in [3.8, 4) is 0 Å². The largest absolute Gasteiger partial charge is 0.451 e. The molecule has 0 aromatic rings. The lowest BCUT2D eigenvalue weighted by molar-refractivity contribution is -0.176. The van der Waals surface area contributed by atoms with Crippen LogP contribution in [0.2, 0.25) is 0 Å². The molecule has 1 rings (SSSR count). The molecule has 0 aliphatic carbocycles. The van der Waals surface area contributed by atoms with E-state index in [1.807, 2.05) is 48.5 Å². The highest BCUT2D eigenvalue weighted by Crippen LogP contribution is 2.24. The van der Waals surface area contributed by atoms with Crippen LogP contribution in [0.1, 0.15) is 203 Å². The summed E-state index contributed by atoms with van der Waals surface area (Å²) < 4.78 is 24.0. The predicted octanol–water partition coefficient (Wildman–Crippen LogP) is 8.33. The van der Waals surface area contributed by atoms with E-state index < -0.39 is 96.6 Å². The molecule has 0 radical (unpaired) electrons. The van der Waals surface area contributed by atoms with Gasteiger partial charge in [-0.2, -0.15) is 0 Å². The quantitative estimate of drug-likeness (QED) is 0.0512. The second-order valence-electron chi connectivity index (χ2n) is 19.2. The van der Waals surface area contributed by atoms with Crippen molar-refractivity contribution in [1.82, 2.24) is 19.6 Å². The molecule has 1 heterocycles. The molecule has 0 aromatic heterocycles. The number of ether oxygens (including phenoxy) is 4. The maximum absolute atomic E-state index is 14.6. The molecule has 1 aliphatic rings. The van der Waals surface area contributed by atoms with Crippen molar-refractivity contribution >= 4 is 47.5 Å². The van der Waals surface area contributed by atoms with Crippen LogP contribution in [0.5, 0.6) is 0 Å². The number of carbonyl (C=O) groups excluding carboxylic acids is 8. The van der Waals surface area contributed by atoms with Gasteiger partial charge in [0, 0.05) is 28.2 Å². The van der Waals surface area contributed by atoms with Gasteiger partial charge >= 0.3 is 23.9 Å². The van der Waals surface area contributed by atoms with Crippen molar-refractivity contribution in [3.63, 3.8) is 0 Å². The molecule has 1 fully saturated rings. The van der Waals surface area contributed by atoms with Gasteiger partial charge < -0.3 is 38.5 Å². The van der Waals surface area contributed by atoms with Crippen LogP contribution in [-0.4, -0.2) is 144 Å². The fourth-order valence-electron chi connectivity index (χ4n) is 8.46. The van der Waals surface area contributed by atoms with Gasteiger partial charge in [-0.1, -0.05) is 132 Å². The molecule has 16 nitrogen and oxygen atoms in total. The van der Waals surface area contributed by atoms with Crippen molar-refractivity contribution < 1.29 is 57.3 Å². The molecule has 0 unspecified atom stereocenters. The molecule has 0 saturated carbocycles. The van der Waals surface area contributed by atoms with Crippen LogP contribution in [0, 0.1) is 5.92 Å². The van der Waals surface area contributed by atoms with Crippen LogP contribution in [-0.2, 0) is 57.3 Å². The number of hydrogen-bond donors (Lipinski definition) is 0. The van der Waals surface area contributed by atoms with Gasteiger partial charge in [0.1, 0.15) is 24.7 Å². The number of unbranched alkanes of at least 4 members (excludes halogenated alkanes) is 10. The topological polar surface area (TPSA) is 186 Å². The Morgan fingerprint density at radius 2 is 0.706 bits per heavy atom. The molecule has 4 amide bonds. The average Bonchev–Trinajstić information content (AvgIpc) is 3.30. The van der Waals surface area contributed by atoms with E-state index in [1.165, 1.54) is 42.9 Å². The number of carbonyl (C=O) groups is 8. The summed E-state index contributed by atoms with van der Waals surface area (Å²) in [5, 5.41) is 0. The Labute approximate surface area is 409 Å². The van der Waals surface area contributed by atoms with Gasteiger partial charge in [-0.25, -0.2) is 14.4 Å². The van der Waals surface area contributed by atoms with Gasteiger partial charge in [-0.3, -0.25) is 24.0 Å². The number of hydrogen-bond acceptors (Lipinski definition) is 12. The lowest BCUT2D eigenvalue weighted by Gasteiger charge is -2.34. The minimum atomic E-state index is -1.31. The van der Waals surface area contributed by atoms with Gasteiger partial charge in [0.25, 0.3) is 23.6 Å². The first-order valence-corrected chi connectivity index (χ1v) is 26.2. The highest BCUT2D eigenvalue weighted by atomic mass is 16.6. The zero-order valence-corrected chi connectivity index (χ0v) is 44.3. The second-order valence-corrected chi connectivity index (χ2v) is 19.2. The number of cyclic esters (lactones) is 4. The van der Waals surface area contributed by atoms with Crippen LogP contribution in [0.15, 0.2) is 0 Å². The SMILES string of the molecule is CCCCCCC[C@H]1OC(=O)[C@H](CCC)N(C)C(=O)[C@@H](CCCCC)OC(=O)[C@H](CC(C)C)N(C)C(=O)[C@@H](CCCCC)OC(=O)CN(C)C(=O)[C@@H](CCCCC)OC(=O)[C@H](CCC)N(C)C1=O. The zero-order chi connectivity index (χ0) is 51.3. The van der Waals surface area contributed by atoms with E-state index in [0.717, 1.165) is 69.1 Å². The Kier molecular flexibility index (Phi) is 31.0. The standard InChI is InChI=1S/C52H92N4O12/c1-13-19-23-24-28-34-44-49(61)54(10)38(29-17-5)50(62)66-41(31-25-20-14-2)46(58)53(9)36-45(57)65-42(32-26-21-15-3)47(59)56(12)40(35-37(7)8)52(64)68-43(33-27-22-16-4)48(60)55(11)39(30-18-6)51(63)67-44/h37-44H,13-36H2,1-12H3/t38-,39-,40-,41+,42+,43+,44+/m0/s1. The maximum Gasteiger partial charge on any atom is 0.329 e. The lowest BCUT2D eigenvalue weighted by atomic mass is 10.0. The predicted molar refractivity (Wildman–Crippen MR) is 262 cm³/mol. The monoisotopic (exact) mass is 965 g/mol. The number of rotatable bonds is 24. The molecule has 68 heavy (non-hydrogen) atoms. The summed E-state index contributed by atoms with van der Waals surface area (Å²) >= 11 is 0. The molecule has 1 aliphatic heterocycles. The Morgan fingerprint density at radius 1 is 0.397 bits per heavy atom. The second kappa shape index (κ2) is 34.1. The van der Waals surface area contributed by atoms with Crippen molar-refractivity contribution in [2.75, 3.05) is 34.7 Å². The molecule has 392 valence electrons. The summed E-state index contributed by atoms with van der Waals surface area (Å²) in [4.78, 5) is 119. The summed E-state index contributed by atoms with van der Waals surface area (Å²) in [5.41, 5.74) is 0. The van der Waals surface area contributed by atoms with Crippen LogP contribution < -0.4 is 0 Å². The van der Waals surface area contributed by atoms with Crippen LogP contribution in [0.3, 0.4) is 0 Å². The van der Waals surface area contributed by atoms with E-state index in [4.69, 9.17) is 18.9 Å². The summed E-state index contributed by atoms with van der Waals surface area (Å²) in [6, 6.07) is -3.45. The highest BCUT2D eigenvalue weighted by Gasteiger charge is 2.41. The number of likely N-dealkylation sites (N-methyl/N-ethyl adjacent to an activating group) is 4. The summed E-state index contributed by atoms with van der Waals surface area (Å²) in [6.07, 6.45) is 7.48. The summed E-state index contributed by atoms with van der Waals surface area (Å²) in [7, 11) is 5.76. The Bertz CT molecular complexity index is 1560. The molecule has 0 spiro atoms. The molecular weight excluding hydrogens is 873 g/mol. The number of nitrogens with zero attached hydrogens (tertiary/aromatic N) is 4. The van der Waals surface area contributed by atoms with E-state index in [-0.39, 0.29) is 50.9 Å². The van der Waals surface area contributed by atoms with Gasteiger partial charge in [0.2, 0.25) is 0 Å². The first-order valence-electron chi connectivity index (χ1n) is 26.2. The van der Waals surface area contributed by atoms with Crippen molar-refractivity contribution in [2.45, 2.75) is 246 Å². The number of amides is 4. The van der Waals surface area contributed by atoms with Crippen molar-refractivity contribution in [1.29, 1.82) is 0 Å². The third-order valence-electron chi connectivity index (χ3n) is 12.8. The van der Waals surface area contributed by atoms with Crippen LogP contribution in [0.4, 0.5) is 0 Å². The van der Waals surface area contributed by atoms with E-state index in [9.17, 15) is 38.4 Å². The molecule has 7 atom stereocenters. The summed E-state index contributed by atoms with van der Waals surface area (Å²) in [6.45, 7) is 15.0. The van der Waals surface area contributed by atoms with Gasteiger partial charge in [-0.05, 0) is 76.5 Å². The van der Waals surface area contributed by atoms with Crippen LogP contribution in [0.25, 0.3) is 0 Å². The molecule has 16 heteroatoms. The van der Waals surface area contributed by atoms with E-state index in [2.05, 4.69) is 6.92 Å².